The Balaban J connectivity index is 1.81. The van der Waals surface area contributed by atoms with Gasteiger partial charge in [0, 0.05) is 23.1 Å². The van der Waals surface area contributed by atoms with Crippen LogP contribution < -0.4 is 5.73 Å². The van der Waals surface area contributed by atoms with E-state index in [0.29, 0.717) is 5.56 Å². The molecule has 0 saturated carbocycles. The molecule has 0 bridgehead atoms. The largest absolute Gasteiger partial charge is 0.423 e. The minimum atomic E-state index is -3.77. The highest BCUT2D eigenvalue weighted by Crippen LogP contribution is 2.42. The van der Waals surface area contributed by atoms with Crippen LogP contribution in [-0.4, -0.2) is 41.7 Å². The van der Waals surface area contributed by atoms with Crippen LogP contribution in [0.4, 0.5) is 8.78 Å². The number of aliphatic imine (C=N–C) groups is 1. The second-order valence-corrected chi connectivity index (χ2v) is 9.75. The number of aromatic nitrogens is 2. The third-order valence-electron chi connectivity index (χ3n) is 4.58. The van der Waals surface area contributed by atoms with Crippen molar-refractivity contribution in [2.45, 2.75) is 12.5 Å². The summed E-state index contributed by atoms with van der Waals surface area (Å²) in [5, 5.41) is 7.36. The van der Waals surface area contributed by atoms with Crippen molar-refractivity contribution in [1.82, 2.24) is 14.5 Å². The molecule has 0 saturated heterocycles. The number of hydrogen-bond donors (Lipinski definition) is 1. The molecule has 2 aromatic heterocycles. The van der Waals surface area contributed by atoms with Crippen molar-refractivity contribution in [3.63, 3.8) is 0 Å². The maximum absolute atomic E-state index is 14.8. The van der Waals surface area contributed by atoms with E-state index in [0.717, 1.165) is 28.1 Å². The number of benzene rings is 1. The zero-order valence-electron chi connectivity index (χ0n) is 15.3. The summed E-state index contributed by atoms with van der Waals surface area (Å²) in [7, 11) is -2.49. The van der Waals surface area contributed by atoms with Gasteiger partial charge in [-0.3, -0.25) is 0 Å². The fourth-order valence-corrected chi connectivity index (χ4v) is 5.75. The van der Waals surface area contributed by atoms with Crippen molar-refractivity contribution in [2.24, 2.45) is 10.7 Å². The summed E-state index contributed by atoms with van der Waals surface area (Å²) in [5.41, 5.74) is 4.88. The molecule has 152 valence electrons. The van der Waals surface area contributed by atoms with E-state index in [9.17, 15) is 17.2 Å². The first kappa shape index (κ1) is 19.5. The molecule has 0 radical (unpaired) electrons. The molecule has 29 heavy (non-hydrogen) atoms. The smallest absolute Gasteiger partial charge is 0.247 e. The quantitative estimate of drug-likeness (QED) is 0.671. The molecule has 2 N–H and O–H groups in total. The van der Waals surface area contributed by atoms with Crippen LogP contribution in [0.1, 0.15) is 11.8 Å². The average molecular weight is 439 g/mol. The van der Waals surface area contributed by atoms with Gasteiger partial charge >= 0.3 is 0 Å². The van der Waals surface area contributed by atoms with Crippen LogP contribution >= 0.6 is 11.3 Å². The van der Waals surface area contributed by atoms with Gasteiger partial charge in [-0.05, 0) is 31.2 Å². The van der Waals surface area contributed by atoms with Gasteiger partial charge in [-0.15, -0.1) is 21.5 Å². The number of sulfonamides is 1. The summed E-state index contributed by atoms with van der Waals surface area (Å²) in [6.45, 7) is 1.48. The first-order chi connectivity index (χ1) is 13.6. The Morgan fingerprint density at radius 1 is 1.28 bits per heavy atom. The Morgan fingerprint density at radius 3 is 2.69 bits per heavy atom. The van der Waals surface area contributed by atoms with E-state index in [-0.39, 0.29) is 27.2 Å². The Bertz CT molecular complexity index is 1220. The highest BCUT2D eigenvalue weighted by molar-refractivity contribution is 7.89. The molecule has 0 amide bonds. The summed E-state index contributed by atoms with van der Waals surface area (Å²) in [5.74, 6) is -1.78. The summed E-state index contributed by atoms with van der Waals surface area (Å²) >= 11 is 0.915. The van der Waals surface area contributed by atoms with E-state index in [4.69, 9.17) is 10.2 Å². The van der Waals surface area contributed by atoms with Crippen LogP contribution in [0.2, 0.25) is 0 Å². The van der Waals surface area contributed by atoms with Gasteiger partial charge in [-0.1, -0.05) is 0 Å². The normalized spacial score (nSPS) is 21.2. The van der Waals surface area contributed by atoms with Crippen molar-refractivity contribution in [2.75, 3.05) is 12.8 Å². The lowest BCUT2D eigenvalue weighted by Gasteiger charge is -2.33. The van der Waals surface area contributed by atoms with E-state index in [2.05, 4.69) is 15.2 Å². The molecule has 1 unspecified atom stereocenters. The van der Waals surface area contributed by atoms with E-state index in [1.54, 1.807) is 0 Å². The molecule has 1 aromatic carbocycles. The fourth-order valence-electron chi connectivity index (χ4n) is 3.08. The standard InChI is InChI=1S/C17H15F2N5O3S2/c1-17(7-29(25,26)24(2)16(20)22-17)14-12(19)6-13(28-14)10-5-9(3-4-11(10)18)15-23-21-8-27-15/h3-6,8H,7H2,1-2H3,(H2,20,22). The summed E-state index contributed by atoms with van der Waals surface area (Å²) in [6, 6.07) is 5.29. The number of thiophene rings is 1. The summed E-state index contributed by atoms with van der Waals surface area (Å²) < 4.78 is 60.0. The molecule has 0 spiro atoms. The molecular weight excluding hydrogens is 424 g/mol. The molecule has 0 fully saturated rings. The van der Waals surface area contributed by atoms with Gasteiger partial charge in [0.15, 0.2) is 0 Å². The van der Waals surface area contributed by atoms with Gasteiger partial charge in [0.1, 0.15) is 17.2 Å². The second-order valence-electron chi connectivity index (χ2n) is 6.69. The summed E-state index contributed by atoms with van der Waals surface area (Å²) in [4.78, 5) is 4.51. The van der Waals surface area contributed by atoms with Crippen LogP contribution in [-0.2, 0) is 15.6 Å². The second kappa shape index (κ2) is 6.59. The number of nitrogens with two attached hydrogens (primary N) is 1. The minimum Gasteiger partial charge on any atom is -0.423 e. The van der Waals surface area contributed by atoms with E-state index in [1.165, 1.54) is 32.2 Å². The van der Waals surface area contributed by atoms with Gasteiger partial charge in [0.25, 0.3) is 0 Å². The van der Waals surface area contributed by atoms with Gasteiger partial charge in [-0.2, -0.15) is 0 Å². The molecule has 3 aromatic rings. The molecule has 12 heteroatoms. The number of rotatable bonds is 3. The minimum absolute atomic E-state index is 0.0507. The molecular formula is C17H15F2N5O3S2. The molecule has 3 heterocycles. The van der Waals surface area contributed by atoms with Crippen molar-refractivity contribution in [1.29, 1.82) is 0 Å². The monoisotopic (exact) mass is 439 g/mol. The van der Waals surface area contributed by atoms with E-state index < -0.39 is 32.9 Å². The van der Waals surface area contributed by atoms with Crippen LogP contribution in [0.3, 0.4) is 0 Å². The highest BCUT2D eigenvalue weighted by atomic mass is 32.2. The predicted molar refractivity (Wildman–Crippen MR) is 103 cm³/mol. The zero-order valence-corrected chi connectivity index (χ0v) is 16.9. The van der Waals surface area contributed by atoms with Crippen molar-refractivity contribution in [3.8, 4) is 21.9 Å². The Morgan fingerprint density at radius 2 is 2.03 bits per heavy atom. The average Bonchev–Trinajstić information content (AvgIpc) is 3.30. The number of hydrogen-bond acceptors (Lipinski definition) is 8. The molecule has 1 aliphatic rings. The van der Waals surface area contributed by atoms with Gasteiger partial charge < -0.3 is 10.2 Å². The fraction of sp³-hybridized carbons (Fsp3) is 0.235. The number of nitrogens with zero attached hydrogens (tertiary/aromatic N) is 4. The lowest BCUT2D eigenvalue weighted by molar-refractivity contribution is 0.466. The first-order valence-electron chi connectivity index (χ1n) is 8.29. The maximum Gasteiger partial charge on any atom is 0.247 e. The van der Waals surface area contributed by atoms with Crippen LogP contribution in [0, 0.1) is 11.6 Å². The van der Waals surface area contributed by atoms with Gasteiger partial charge in [-0.25, -0.2) is 26.5 Å². The Labute approximate surface area is 168 Å². The van der Waals surface area contributed by atoms with Crippen LogP contribution in [0.25, 0.3) is 21.9 Å². The summed E-state index contributed by atoms with van der Waals surface area (Å²) in [6.07, 6.45) is 1.14. The molecule has 8 nitrogen and oxygen atoms in total. The molecule has 1 aliphatic heterocycles. The number of halogens is 2. The van der Waals surface area contributed by atoms with E-state index >= 15 is 0 Å². The van der Waals surface area contributed by atoms with Crippen molar-refractivity contribution < 1.29 is 21.6 Å². The lowest BCUT2D eigenvalue weighted by atomic mass is 10.0. The Kier molecular flexibility index (Phi) is 4.42. The number of guanidine groups is 1. The third kappa shape index (κ3) is 3.27. The first-order valence-corrected chi connectivity index (χ1v) is 10.7. The SMILES string of the molecule is CN1C(N)=NC(C)(c2sc(-c3cc(-c4nnco4)ccc3F)cc2F)CS1(=O)=O. The van der Waals surface area contributed by atoms with Crippen molar-refractivity contribution in [3.05, 3.63) is 47.2 Å². The topological polar surface area (TPSA) is 115 Å². The molecule has 0 aliphatic carbocycles. The predicted octanol–water partition coefficient (Wildman–Crippen LogP) is 2.55. The lowest BCUT2D eigenvalue weighted by Crippen LogP contribution is -2.50. The van der Waals surface area contributed by atoms with Crippen LogP contribution in [0.15, 0.2) is 40.1 Å². The van der Waals surface area contributed by atoms with Crippen LogP contribution in [0.5, 0.6) is 0 Å². The zero-order chi connectivity index (χ0) is 21.0. The maximum atomic E-state index is 14.8. The Hall–Kier alpha value is -2.86. The highest BCUT2D eigenvalue weighted by Gasteiger charge is 2.43. The molecule has 4 rings (SSSR count). The molecule has 1 atom stereocenters. The van der Waals surface area contributed by atoms with Crippen molar-refractivity contribution >= 4 is 27.3 Å². The van der Waals surface area contributed by atoms with Gasteiger partial charge in [0.2, 0.25) is 28.3 Å². The third-order valence-corrected chi connectivity index (χ3v) is 7.92. The van der Waals surface area contributed by atoms with Gasteiger partial charge in [0.05, 0.1) is 10.6 Å². The van der Waals surface area contributed by atoms with E-state index in [1.807, 2.05) is 0 Å².